The van der Waals surface area contributed by atoms with Gasteiger partial charge >= 0.3 is 0 Å². The molecule has 0 N–H and O–H groups in total. The maximum atomic E-state index is 6.36. The van der Waals surface area contributed by atoms with E-state index in [1.54, 1.807) is 0 Å². The zero-order valence-electron chi connectivity index (χ0n) is 20.1. The fraction of sp³-hybridized carbons (Fsp3) is 0.926. The van der Waals surface area contributed by atoms with E-state index in [0.717, 1.165) is 36.5 Å². The molecular formula is C27H50Br2O2. The summed E-state index contributed by atoms with van der Waals surface area (Å²) in [6.45, 7) is 0.910. The van der Waals surface area contributed by atoms with Crippen molar-refractivity contribution in [3.05, 3.63) is 12.3 Å². The first kappa shape index (κ1) is 29.5. The first-order chi connectivity index (χ1) is 15.4. The van der Waals surface area contributed by atoms with E-state index >= 15 is 0 Å². The molecule has 184 valence electrons. The Kier molecular flexibility index (Phi) is 22.5. The Morgan fingerprint density at radius 1 is 0.677 bits per heavy atom. The summed E-state index contributed by atoms with van der Waals surface area (Å²) in [6, 6.07) is 0. The van der Waals surface area contributed by atoms with Crippen molar-refractivity contribution in [2.45, 2.75) is 141 Å². The molecule has 0 amide bonds. The first-order valence-electron chi connectivity index (χ1n) is 13.4. The summed E-state index contributed by atoms with van der Waals surface area (Å²) in [5.74, 6) is 0. The highest BCUT2D eigenvalue weighted by atomic mass is 79.9. The Balaban J connectivity index is 2.05. The third kappa shape index (κ3) is 18.6. The van der Waals surface area contributed by atoms with Gasteiger partial charge in [-0.1, -0.05) is 122 Å². The Labute approximate surface area is 210 Å². The molecule has 4 heteroatoms. The van der Waals surface area contributed by atoms with Crippen LogP contribution in [0.5, 0.6) is 0 Å². The van der Waals surface area contributed by atoms with Crippen molar-refractivity contribution in [2.24, 2.45) is 0 Å². The molecule has 0 aromatic carbocycles. The molecular weight excluding hydrogens is 516 g/mol. The van der Waals surface area contributed by atoms with Crippen molar-refractivity contribution in [1.82, 2.24) is 0 Å². The highest BCUT2D eigenvalue weighted by molar-refractivity contribution is 9.09. The van der Waals surface area contributed by atoms with E-state index in [1.807, 2.05) is 6.26 Å². The minimum absolute atomic E-state index is 0.272. The van der Waals surface area contributed by atoms with Crippen LogP contribution in [-0.2, 0) is 9.47 Å². The lowest BCUT2D eigenvalue weighted by molar-refractivity contribution is -0.0557. The molecule has 0 aromatic heterocycles. The quantitative estimate of drug-likeness (QED) is 0.0906. The summed E-state index contributed by atoms with van der Waals surface area (Å²) in [5.41, 5.74) is 0. The minimum atomic E-state index is 0.272. The van der Waals surface area contributed by atoms with E-state index in [2.05, 4.69) is 37.9 Å². The van der Waals surface area contributed by atoms with Gasteiger partial charge in [0.2, 0.25) is 0 Å². The normalized spacial score (nSPS) is 17.0. The molecule has 1 aliphatic heterocycles. The molecule has 0 radical (unpaired) electrons. The standard InChI is InChI=1S/C27H50Br2O2/c28-22-16-11-7-3-1-5-9-13-18-24-30-26(27-21-15-19-25-31-27)20-14-10-6-2-4-8-12-17-23-29/h19,25-27H,1-18,20-24H2. The Bertz CT molecular complexity index is 389. The molecule has 0 bridgehead atoms. The smallest absolute Gasteiger partial charge is 0.124 e. The summed E-state index contributed by atoms with van der Waals surface area (Å²) in [7, 11) is 0. The van der Waals surface area contributed by atoms with Gasteiger partial charge in [-0.25, -0.2) is 0 Å². The zero-order chi connectivity index (χ0) is 22.2. The second kappa shape index (κ2) is 23.6. The Morgan fingerprint density at radius 3 is 1.65 bits per heavy atom. The molecule has 1 aliphatic rings. The SMILES string of the molecule is BrCCCCCCCCCCCOC(CCCCCCCCCCBr)C1CCC=CO1. The van der Waals surface area contributed by atoms with Crippen molar-refractivity contribution >= 4 is 31.9 Å². The Hall–Kier alpha value is 0.460. The maximum absolute atomic E-state index is 6.36. The van der Waals surface area contributed by atoms with Crippen LogP contribution in [0.2, 0.25) is 0 Å². The van der Waals surface area contributed by atoms with Crippen LogP contribution in [0.15, 0.2) is 12.3 Å². The van der Waals surface area contributed by atoms with Crippen molar-refractivity contribution < 1.29 is 9.47 Å². The van der Waals surface area contributed by atoms with E-state index in [9.17, 15) is 0 Å². The molecule has 1 rings (SSSR count). The maximum Gasteiger partial charge on any atom is 0.124 e. The summed E-state index contributed by atoms with van der Waals surface area (Å²) >= 11 is 7.03. The lowest BCUT2D eigenvalue weighted by Crippen LogP contribution is -2.32. The van der Waals surface area contributed by atoms with Crippen LogP contribution in [0.1, 0.15) is 128 Å². The van der Waals surface area contributed by atoms with Gasteiger partial charge in [0.1, 0.15) is 6.10 Å². The van der Waals surface area contributed by atoms with Crippen LogP contribution < -0.4 is 0 Å². The van der Waals surface area contributed by atoms with Crippen molar-refractivity contribution in [2.75, 3.05) is 17.3 Å². The number of ether oxygens (including phenoxy) is 2. The zero-order valence-corrected chi connectivity index (χ0v) is 23.3. The third-order valence-corrected chi connectivity index (χ3v) is 7.49. The van der Waals surface area contributed by atoms with Crippen molar-refractivity contribution in [3.63, 3.8) is 0 Å². The molecule has 0 aromatic rings. The molecule has 0 spiro atoms. The number of hydrogen-bond donors (Lipinski definition) is 0. The number of allylic oxidation sites excluding steroid dienone is 1. The molecule has 2 atom stereocenters. The van der Waals surface area contributed by atoms with Gasteiger partial charge in [0.05, 0.1) is 12.4 Å². The average Bonchev–Trinajstić information content (AvgIpc) is 2.80. The van der Waals surface area contributed by atoms with E-state index in [1.165, 1.54) is 109 Å². The molecule has 1 heterocycles. The average molecular weight is 567 g/mol. The predicted molar refractivity (Wildman–Crippen MR) is 144 cm³/mol. The number of halogens is 2. The van der Waals surface area contributed by atoms with Gasteiger partial charge in [0.25, 0.3) is 0 Å². The van der Waals surface area contributed by atoms with E-state index in [-0.39, 0.29) is 6.10 Å². The van der Waals surface area contributed by atoms with Gasteiger partial charge in [0.15, 0.2) is 0 Å². The third-order valence-electron chi connectivity index (χ3n) is 6.36. The Morgan fingerprint density at radius 2 is 1.16 bits per heavy atom. The van der Waals surface area contributed by atoms with Crippen LogP contribution in [0.25, 0.3) is 0 Å². The largest absolute Gasteiger partial charge is 0.496 e. The second-order valence-corrected chi connectivity index (χ2v) is 10.8. The van der Waals surface area contributed by atoms with Gasteiger partial charge in [-0.05, 0) is 44.6 Å². The highest BCUT2D eigenvalue weighted by Crippen LogP contribution is 2.22. The molecule has 2 unspecified atom stereocenters. The second-order valence-electron chi connectivity index (χ2n) is 9.21. The monoisotopic (exact) mass is 564 g/mol. The lowest BCUT2D eigenvalue weighted by atomic mass is 9.99. The van der Waals surface area contributed by atoms with Crippen LogP contribution in [-0.4, -0.2) is 29.5 Å². The number of rotatable bonds is 23. The van der Waals surface area contributed by atoms with Gasteiger partial charge < -0.3 is 9.47 Å². The molecule has 0 aliphatic carbocycles. The van der Waals surface area contributed by atoms with Crippen LogP contribution in [0.4, 0.5) is 0 Å². The van der Waals surface area contributed by atoms with Gasteiger partial charge in [-0.3, -0.25) is 0 Å². The molecule has 2 nitrogen and oxygen atoms in total. The van der Waals surface area contributed by atoms with Gasteiger partial charge in [-0.15, -0.1) is 0 Å². The fourth-order valence-corrected chi connectivity index (χ4v) is 5.17. The van der Waals surface area contributed by atoms with Gasteiger partial charge in [0, 0.05) is 17.3 Å². The molecule has 0 saturated heterocycles. The van der Waals surface area contributed by atoms with Gasteiger partial charge in [-0.2, -0.15) is 0 Å². The molecule has 0 saturated carbocycles. The van der Waals surface area contributed by atoms with E-state index in [0.29, 0.717) is 6.10 Å². The lowest BCUT2D eigenvalue weighted by Gasteiger charge is -2.28. The first-order valence-corrected chi connectivity index (χ1v) is 15.7. The summed E-state index contributed by atoms with van der Waals surface area (Å²) < 4.78 is 12.3. The summed E-state index contributed by atoms with van der Waals surface area (Å²) in [6.07, 6.45) is 31.1. The van der Waals surface area contributed by atoms with Crippen LogP contribution >= 0.6 is 31.9 Å². The minimum Gasteiger partial charge on any atom is -0.496 e. The topological polar surface area (TPSA) is 18.5 Å². The van der Waals surface area contributed by atoms with Crippen LogP contribution in [0.3, 0.4) is 0 Å². The summed E-state index contributed by atoms with van der Waals surface area (Å²) in [5, 5.41) is 2.32. The predicted octanol–water partition coefficient (Wildman–Crippen LogP) is 9.88. The van der Waals surface area contributed by atoms with Crippen molar-refractivity contribution in [1.29, 1.82) is 0 Å². The van der Waals surface area contributed by atoms with E-state index in [4.69, 9.17) is 9.47 Å². The summed E-state index contributed by atoms with van der Waals surface area (Å²) in [4.78, 5) is 0. The fourth-order valence-electron chi connectivity index (χ4n) is 4.37. The molecule has 0 fully saturated rings. The van der Waals surface area contributed by atoms with Crippen molar-refractivity contribution in [3.8, 4) is 0 Å². The number of unbranched alkanes of at least 4 members (excludes halogenated alkanes) is 15. The van der Waals surface area contributed by atoms with Crippen LogP contribution in [0, 0.1) is 0 Å². The number of hydrogen-bond acceptors (Lipinski definition) is 2. The molecule has 31 heavy (non-hydrogen) atoms. The number of alkyl halides is 2. The van der Waals surface area contributed by atoms with E-state index < -0.39 is 0 Å². The highest BCUT2D eigenvalue weighted by Gasteiger charge is 2.23.